The Bertz CT molecular complexity index is 366. The van der Waals surface area contributed by atoms with Crippen LogP contribution in [0.1, 0.15) is 29.7 Å². The summed E-state index contributed by atoms with van der Waals surface area (Å²) in [6.07, 6.45) is 0. The highest BCUT2D eigenvalue weighted by Crippen LogP contribution is 2.17. The quantitative estimate of drug-likeness (QED) is 0.755. The van der Waals surface area contributed by atoms with Crippen LogP contribution < -0.4 is 5.73 Å². The lowest BCUT2D eigenvalue weighted by molar-refractivity contribution is 0.120. The van der Waals surface area contributed by atoms with Gasteiger partial charge in [0.25, 0.3) is 0 Å². The summed E-state index contributed by atoms with van der Waals surface area (Å²) in [5, 5.41) is 0. The summed E-state index contributed by atoms with van der Waals surface area (Å²) in [4.78, 5) is 2.22. The number of ether oxygens (including phenoxy) is 1. The van der Waals surface area contributed by atoms with E-state index in [0.29, 0.717) is 0 Å². The minimum Gasteiger partial charge on any atom is -0.380 e. The van der Waals surface area contributed by atoms with Gasteiger partial charge in [-0.2, -0.15) is 0 Å². The minimum absolute atomic E-state index is 0.0669. The second kappa shape index (κ2) is 7.52. The van der Waals surface area contributed by atoms with E-state index < -0.39 is 0 Å². The second-order valence-electron chi connectivity index (χ2n) is 4.93. The van der Waals surface area contributed by atoms with Crippen LogP contribution >= 0.6 is 0 Å². The van der Waals surface area contributed by atoms with Gasteiger partial charge in [0, 0.05) is 25.7 Å². The van der Waals surface area contributed by atoms with Crippen LogP contribution in [0.2, 0.25) is 0 Å². The van der Waals surface area contributed by atoms with Gasteiger partial charge < -0.3 is 15.4 Å². The van der Waals surface area contributed by atoms with Crippen LogP contribution in [0.5, 0.6) is 0 Å². The molecule has 0 radical (unpaired) electrons. The molecular weight excluding hydrogens is 224 g/mol. The number of nitrogens with two attached hydrogens (primary N) is 1. The van der Waals surface area contributed by atoms with Gasteiger partial charge in [-0.3, -0.25) is 0 Å². The minimum atomic E-state index is 0.0669. The Morgan fingerprint density at radius 3 is 2.67 bits per heavy atom. The van der Waals surface area contributed by atoms with Gasteiger partial charge in [-0.05, 0) is 38.9 Å². The molecule has 0 bridgehead atoms. The van der Waals surface area contributed by atoms with Crippen LogP contribution in [0.4, 0.5) is 0 Å². The van der Waals surface area contributed by atoms with E-state index in [-0.39, 0.29) is 6.04 Å². The summed E-state index contributed by atoms with van der Waals surface area (Å²) in [5.74, 6) is 0. The van der Waals surface area contributed by atoms with Crippen LogP contribution in [0.25, 0.3) is 0 Å². The molecule has 1 aromatic carbocycles. The first-order valence-corrected chi connectivity index (χ1v) is 6.63. The highest BCUT2D eigenvalue weighted by Gasteiger charge is 2.11. The fraction of sp³-hybridized carbons (Fsp3) is 0.600. The van der Waals surface area contributed by atoms with E-state index in [1.165, 1.54) is 16.7 Å². The average Bonchev–Trinajstić information content (AvgIpc) is 2.28. The highest BCUT2D eigenvalue weighted by molar-refractivity contribution is 5.32. The van der Waals surface area contributed by atoms with Crippen molar-refractivity contribution in [1.82, 2.24) is 4.90 Å². The largest absolute Gasteiger partial charge is 0.380 e. The average molecular weight is 250 g/mol. The van der Waals surface area contributed by atoms with E-state index in [2.05, 4.69) is 44.0 Å². The molecule has 3 nitrogen and oxygen atoms in total. The molecule has 1 aromatic rings. The molecule has 2 N–H and O–H groups in total. The number of nitrogens with zero attached hydrogens (tertiary/aromatic N) is 1. The van der Waals surface area contributed by atoms with Crippen LogP contribution in [0.15, 0.2) is 18.2 Å². The van der Waals surface area contributed by atoms with Gasteiger partial charge in [0.15, 0.2) is 0 Å². The predicted molar refractivity (Wildman–Crippen MR) is 76.8 cm³/mol. The third-order valence-electron chi connectivity index (χ3n) is 3.15. The van der Waals surface area contributed by atoms with Crippen LogP contribution in [0, 0.1) is 13.8 Å². The van der Waals surface area contributed by atoms with E-state index in [1.54, 1.807) is 0 Å². The summed E-state index contributed by atoms with van der Waals surface area (Å²) in [6, 6.07) is 6.53. The Kier molecular flexibility index (Phi) is 6.33. The molecule has 0 amide bonds. The van der Waals surface area contributed by atoms with Crippen molar-refractivity contribution >= 4 is 0 Å². The first-order valence-electron chi connectivity index (χ1n) is 6.63. The number of aryl methyl sites for hydroxylation is 2. The molecule has 0 aliphatic rings. The summed E-state index contributed by atoms with van der Waals surface area (Å²) < 4.78 is 5.35. The molecule has 0 fully saturated rings. The van der Waals surface area contributed by atoms with Crippen molar-refractivity contribution in [3.05, 3.63) is 34.9 Å². The first-order chi connectivity index (χ1) is 8.54. The SMILES string of the molecule is CCOCCN(C)CC(N)c1ccc(C)cc1C. The lowest BCUT2D eigenvalue weighted by atomic mass is 9.99. The molecule has 0 saturated heterocycles. The van der Waals surface area contributed by atoms with Crippen LogP contribution in [0.3, 0.4) is 0 Å². The van der Waals surface area contributed by atoms with E-state index in [1.807, 2.05) is 6.92 Å². The zero-order chi connectivity index (χ0) is 13.5. The van der Waals surface area contributed by atoms with Crippen molar-refractivity contribution in [2.75, 3.05) is 33.4 Å². The topological polar surface area (TPSA) is 38.5 Å². The normalized spacial score (nSPS) is 13.0. The lowest BCUT2D eigenvalue weighted by Crippen LogP contribution is -2.32. The van der Waals surface area contributed by atoms with E-state index >= 15 is 0 Å². The number of benzene rings is 1. The molecule has 1 unspecified atom stereocenters. The molecular formula is C15H26N2O. The monoisotopic (exact) mass is 250 g/mol. The van der Waals surface area contributed by atoms with E-state index in [9.17, 15) is 0 Å². The van der Waals surface area contributed by atoms with Crippen LogP contribution in [-0.4, -0.2) is 38.3 Å². The number of hydrogen-bond donors (Lipinski definition) is 1. The second-order valence-corrected chi connectivity index (χ2v) is 4.93. The summed E-state index contributed by atoms with van der Waals surface area (Å²) >= 11 is 0. The fourth-order valence-electron chi connectivity index (χ4n) is 2.13. The van der Waals surface area contributed by atoms with Gasteiger partial charge in [-0.1, -0.05) is 23.8 Å². The summed E-state index contributed by atoms with van der Waals surface area (Å²) in [7, 11) is 2.09. The predicted octanol–water partition coefficient (Wildman–Crippen LogP) is 2.27. The van der Waals surface area contributed by atoms with Crippen molar-refractivity contribution < 1.29 is 4.74 Å². The molecule has 18 heavy (non-hydrogen) atoms. The number of hydrogen-bond acceptors (Lipinski definition) is 3. The van der Waals surface area contributed by atoms with Gasteiger partial charge in [-0.25, -0.2) is 0 Å². The van der Waals surface area contributed by atoms with Crippen molar-refractivity contribution in [2.45, 2.75) is 26.8 Å². The van der Waals surface area contributed by atoms with Gasteiger partial charge in [0.1, 0.15) is 0 Å². The molecule has 0 aromatic heterocycles. The number of likely N-dealkylation sites (N-methyl/N-ethyl adjacent to an activating group) is 1. The molecule has 1 rings (SSSR count). The van der Waals surface area contributed by atoms with Crippen LogP contribution in [-0.2, 0) is 4.74 Å². The maximum Gasteiger partial charge on any atom is 0.0593 e. The Hall–Kier alpha value is -0.900. The zero-order valence-corrected chi connectivity index (χ0v) is 12.1. The first kappa shape index (κ1) is 15.2. The van der Waals surface area contributed by atoms with Crippen molar-refractivity contribution in [1.29, 1.82) is 0 Å². The maximum absolute atomic E-state index is 6.27. The summed E-state index contributed by atoms with van der Waals surface area (Å²) in [5.41, 5.74) is 10.1. The van der Waals surface area contributed by atoms with Gasteiger partial charge in [-0.15, -0.1) is 0 Å². The standard InChI is InChI=1S/C15H26N2O/c1-5-18-9-8-17(4)11-15(16)14-7-6-12(2)10-13(14)3/h6-7,10,15H,5,8-9,11,16H2,1-4H3. The van der Waals surface area contributed by atoms with Gasteiger partial charge in [0.05, 0.1) is 6.61 Å². The van der Waals surface area contributed by atoms with Gasteiger partial charge >= 0.3 is 0 Å². The number of rotatable bonds is 7. The van der Waals surface area contributed by atoms with Gasteiger partial charge in [0.2, 0.25) is 0 Å². The molecule has 3 heteroatoms. The summed E-state index contributed by atoms with van der Waals surface area (Å²) in [6.45, 7) is 9.58. The van der Waals surface area contributed by atoms with Crippen molar-refractivity contribution in [3.63, 3.8) is 0 Å². The third kappa shape index (κ3) is 4.77. The molecule has 0 heterocycles. The Labute approximate surface area is 111 Å². The molecule has 0 spiro atoms. The maximum atomic E-state index is 6.27. The Morgan fingerprint density at radius 2 is 2.06 bits per heavy atom. The smallest absolute Gasteiger partial charge is 0.0593 e. The molecule has 0 aliphatic carbocycles. The zero-order valence-electron chi connectivity index (χ0n) is 12.1. The van der Waals surface area contributed by atoms with E-state index in [4.69, 9.17) is 10.5 Å². The lowest BCUT2D eigenvalue weighted by Gasteiger charge is -2.22. The molecule has 102 valence electrons. The fourth-order valence-corrected chi connectivity index (χ4v) is 2.13. The molecule has 0 aliphatic heterocycles. The Morgan fingerprint density at radius 1 is 1.33 bits per heavy atom. The Balaban J connectivity index is 2.51. The third-order valence-corrected chi connectivity index (χ3v) is 3.15. The van der Waals surface area contributed by atoms with E-state index in [0.717, 1.165) is 26.3 Å². The van der Waals surface area contributed by atoms with Crippen molar-refractivity contribution in [3.8, 4) is 0 Å². The highest BCUT2D eigenvalue weighted by atomic mass is 16.5. The van der Waals surface area contributed by atoms with Crippen molar-refractivity contribution in [2.24, 2.45) is 5.73 Å². The molecule has 0 saturated carbocycles. The molecule has 1 atom stereocenters.